The highest BCUT2D eigenvalue weighted by Crippen LogP contribution is 2.35. The van der Waals surface area contributed by atoms with Crippen molar-refractivity contribution in [3.8, 4) is 5.75 Å². The van der Waals surface area contributed by atoms with Crippen LogP contribution in [0.25, 0.3) is 6.08 Å². The van der Waals surface area contributed by atoms with Crippen LogP contribution in [-0.4, -0.2) is 12.9 Å². The molecular weight excluding hydrogens is 248 g/mol. The van der Waals surface area contributed by atoms with Crippen molar-refractivity contribution in [3.63, 3.8) is 0 Å². The molecule has 1 aliphatic carbocycles. The summed E-state index contributed by atoms with van der Waals surface area (Å²) in [6.07, 6.45) is 4.19. The SMILES string of the molecule is COc1ccc(C=C2C(=O)[C@H](C(C)C)CC[C@@H]2C)cc1. The number of carbonyl (C=O) groups excluding carboxylic acids is 1. The Morgan fingerprint density at radius 3 is 2.40 bits per heavy atom. The summed E-state index contributed by atoms with van der Waals surface area (Å²) in [7, 11) is 1.66. The minimum absolute atomic E-state index is 0.190. The number of benzene rings is 1. The number of ether oxygens (including phenoxy) is 1. The van der Waals surface area contributed by atoms with E-state index in [-0.39, 0.29) is 5.92 Å². The van der Waals surface area contributed by atoms with Crippen molar-refractivity contribution < 1.29 is 9.53 Å². The van der Waals surface area contributed by atoms with Crippen molar-refractivity contribution in [1.82, 2.24) is 0 Å². The van der Waals surface area contributed by atoms with E-state index in [1.807, 2.05) is 24.3 Å². The highest BCUT2D eigenvalue weighted by molar-refractivity contribution is 6.02. The van der Waals surface area contributed by atoms with Crippen LogP contribution < -0.4 is 4.74 Å². The van der Waals surface area contributed by atoms with E-state index in [0.29, 0.717) is 17.6 Å². The number of rotatable bonds is 3. The Hall–Kier alpha value is -1.57. The number of Topliss-reactive ketones (excluding diaryl/α,β-unsaturated/α-hetero) is 1. The Morgan fingerprint density at radius 2 is 1.85 bits per heavy atom. The lowest BCUT2D eigenvalue weighted by Crippen LogP contribution is -2.30. The van der Waals surface area contributed by atoms with Gasteiger partial charge in [-0.2, -0.15) is 0 Å². The van der Waals surface area contributed by atoms with E-state index < -0.39 is 0 Å². The minimum atomic E-state index is 0.190. The smallest absolute Gasteiger partial charge is 0.162 e. The van der Waals surface area contributed by atoms with Gasteiger partial charge in [-0.25, -0.2) is 0 Å². The monoisotopic (exact) mass is 272 g/mol. The maximum absolute atomic E-state index is 12.6. The van der Waals surface area contributed by atoms with Crippen molar-refractivity contribution in [3.05, 3.63) is 35.4 Å². The lowest BCUT2D eigenvalue weighted by molar-refractivity contribution is -0.122. The molecule has 2 heteroatoms. The molecule has 2 rings (SSSR count). The number of hydrogen-bond acceptors (Lipinski definition) is 2. The highest BCUT2D eigenvalue weighted by Gasteiger charge is 2.32. The van der Waals surface area contributed by atoms with E-state index in [1.165, 1.54) is 0 Å². The van der Waals surface area contributed by atoms with E-state index in [0.717, 1.165) is 29.7 Å². The van der Waals surface area contributed by atoms with Crippen molar-refractivity contribution in [2.75, 3.05) is 7.11 Å². The summed E-state index contributed by atoms with van der Waals surface area (Å²) in [5.74, 6) is 2.16. The van der Waals surface area contributed by atoms with Crippen molar-refractivity contribution in [1.29, 1.82) is 0 Å². The van der Waals surface area contributed by atoms with Gasteiger partial charge in [0.05, 0.1) is 7.11 Å². The highest BCUT2D eigenvalue weighted by atomic mass is 16.5. The molecule has 0 N–H and O–H groups in total. The molecule has 0 aromatic heterocycles. The van der Waals surface area contributed by atoms with Crippen LogP contribution in [-0.2, 0) is 4.79 Å². The molecule has 0 bridgehead atoms. The largest absolute Gasteiger partial charge is 0.497 e. The molecule has 20 heavy (non-hydrogen) atoms. The zero-order chi connectivity index (χ0) is 14.7. The van der Waals surface area contributed by atoms with Crippen LogP contribution in [0.5, 0.6) is 5.75 Å². The van der Waals surface area contributed by atoms with Gasteiger partial charge in [0.1, 0.15) is 5.75 Å². The van der Waals surface area contributed by atoms with Crippen LogP contribution in [0.4, 0.5) is 0 Å². The number of methoxy groups -OCH3 is 1. The summed E-state index contributed by atoms with van der Waals surface area (Å²) in [5, 5.41) is 0. The molecule has 0 aliphatic heterocycles. The molecule has 0 unspecified atom stereocenters. The second-order valence-corrected chi connectivity index (χ2v) is 6.07. The third-order valence-electron chi connectivity index (χ3n) is 4.31. The normalized spacial score (nSPS) is 25.2. The van der Waals surface area contributed by atoms with Gasteiger partial charge in [0.15, 0.2) is 5.78 Å². The summed E-state index contributed by atoms with van der Waals surface area (Å²) >= 11 is 0. The van der Waals surface area contributed by atoms with Crippen molar-refractivity contribution in [2.24, 2.45) is 17.8 Å². The molecule has 108 valence electrons. The van der Waals surface area contributed by atoms with Gasteiger partial charge in [0.2, 0.25) is 0 Å². The molecule has 1 saturated carbocycles. The second kappa shape index (κ2) is 6.25. The molecule has 0 heterocycles. The molecule has 1 aromatic rings. The zero-order valence-corrected chi connectivity index (χ0v) is 12.8. The predicted octanol–water partition coefficient (Wildman–Crippen LogP) is 4.35. The first-order valence-electron chi connectivity index (χ1n) is 7.42. The summed E-state index contributed by atoms with van der Waals surface area (Å²) < 4.78 is 5.16. The average Bonchev–Trinajstić information content (AvgIpc) is 2.43. The van der Waals surface area contributed by atoms with E-state index in [1.54, 1.807) is 7.11 Å². The molecule has 1 aliphatic rings. The summed E-state index contributed by atoms with van der Waals surface area (Å²) in [5.41, 5.74) is 2.06. The fourth-order valence-corrected chi connectivity index (χ4v) is 2.90. The van der Waals surface area contributed by atoms with Crippen LogP contribution in [0.15, 0.2) is 29.8 Å². The molecular formula is C18H24O2. The molecule has 0 spiro atoms. The standard InChI is InChI=1S/C18H24O2/c1-12(2)16-10-5-13(3)17(18(16)19)11-14-6-8-15(20-4)9-7-14/h6-9,11-13,16H,5,10H2,1-4H3/t13-,16-/m0/s1. The summed E-state index contributed by atoms with van der Waals surface area (Å²) in [4.78, 5) is 12.6. The molecule has 1 aromatic carbocycles. The van der Waals surface area contributed by atoms with Gasteiger partial charge in [-0.1, -0.05) is 32.9 Å². The molecule has 2 atom stereocenters. The average molecular weight is 272 g/mol. The van der Waals surface area contributed by atoms with E-state index in [9.17, 15) is 4.79 Å². The molecule has 0 radical (unpaired) electrons. The van der Waals surface area contributed by atoms with Crippen LogP contribution in [0.3, 0.4) is 0 Å². The fourth-order valence-electron chi connectivity index (χ4n) is 2.90. The van der Waals surface area contributed by atoms with Gasteiger partial charge in [0, 0.05) is 5.92 Å². The lowest BCUT2D eigenvalue weighted by Gasteiger charge is -2.30. The van der Waals surface area contributed by atoms with E-state index >= 15 is 0 Å². The van der Waals surface area contributed by atoms with Gasteiger partial charge in [0.25, 0.3) is 0 Å². The Morgan fingerprint density at radius 1 is 1.20 bits per heavy atom. The molecule has 1 fully saturated rings. The second-order valence-electron chi connectivity index (χ2n) is 6.07. The Bertz CT molecular complexity index is 497. The fraction of sp³-hybridized carbons (Fsp3) is 0.500. The van der Waals surface area contributed by atoms with Gasteiger partial charge < -0.3 is 4.74 Å². The number of ketones is 1. The first-order chi connectivity index (χ1) is 9.52. The summed E-state index contributed by atoms with van der Waals surface area (Å²) in [6.45, 7) is 6.44. The molecule has 0 amide bonds. The maximum Gasteiger partial charge on any atom is 0.162 e. The van der Waals surface area contributed by atoms with Gasteiger partial charge in [-0.3, -0.25) is 4.79 Å². The maximum atomic E-state index is 12.6. The number of hydrogen-bond donors (Lipinski definition) is 0. The Kier molecular flexibility index (Phi) is 4.64. The molecule has 0 saturated heterocycles. The Balaban J connectivity index is 2.27. The van der Waals surface area contributed by atoms with E-state index in [4.69, 9.17) is 4.74 Å². The molecule has 2 nitrogen and oxygen atoms in total. The summed E-state index contributed by atoms with van der Waals surface area (Å²) in [6, 6.07) is 7.88. The zero-order valence-electron chi connectivity index (χ0n) is 12.8. The van der Waals surface area contributed by atoms with Gasteiger partial charge in [-0.05, 0) is 54.0 Å². The number of allylic oxidation sites excluding steroid dienone is 1. The van der Waals surface area contributed by atoms with Crippen molar-refractivity contribution in [2.45, 2.75) is 33.6 Å². The third-order valence-corrected chi connectivity index (χ3v) is 4.31. The number of carbonyl (C=O) groups is 1. The van der Waals surface area contributed by atoms with Crippen LogP contribution in [0.1, 0.15) is 39.2 Å². The third kappa shape index (κ3) is 3.12. The minimum Gasteiger partial charge on any atom is -0.497 e. The topological polar surface area (TPSA) is 26.3 Å². The first-order valence-corrected chi connectivity index (χ1v) is 7.42. The van der Waals surface area contributed by atoms with Crippen LogP contribution in [0.2, 0.25) is 0 Å². The first kappa shape index (κ1) is 14.8. The Labute approximate surface area is 121 Å². The quantitative estimate of drug-likeness (QED) is 0.765. The predicted molar refractivity (Wildman–Crippen MR) is 82.7 cm³/mol. The lowest BCUT2D eigenvalue weighted by atomic mass is 9.73. The van der Waals surface area contributed by atoms with Crippen LogP contribution in [0, 0.1) is 17.8 Å². The van der Waals surface area contributed by atoms with Gasteiger partial charge in [-0.15, -0.1) is 0 Å². The van der Waals surface area contributed by atoms with Gasteiger partial charge >= 0.3 is 0 Å². The van der Waals surface area contributed by atoms with Crippen molar-refractivity contribution >= 4 is 11.9 Å². The van der Waals surface area contributed by atoms with E-state index in [2.05, 4.69) is 26.8 Å². The van der Waals surface area contributed by atoms with Crippen LogP contribution >= 0.6 is 0 Å².